The highest BCUT2D eigenvalue weighted by atomic mass is 16.1. The molecule has 1 nitrogen and oxygen atoms in total. The average molecular weight is 282 g/mol. The van der Waals surface area contributed by atoms with E-state index in [4.69, 9.17) is 0 Å². The molecule has 0 unspecified atom stereocenters. The summed E-state index contributed by atoms with van der Waals surface area (Å²) in [7, 11) is 0. The normalized spacial score (nSPS) is 37.2. The van der Waals surface area contributed by atoms with E-state index in [2.05, 4.69) is 38.1 Å². The quantitative estimate of drug-likeness (QED) is 0.696. The Balaban J connectivity index is 1.62. The van der Waals surface area contributed by atoms with E-state index in [1.165, 1.54) is 44.1 Å². The average Bonchev–Trinajstić information content (AvgIpc) is 2.45. The Labute approximate surface area is 128 Å². The molecule has 0 amide bonds. The number of hydrogen-bond donors (Lipinski definition) is 0. The maximum Gasteiger partial charge on any atom is 0.169 e. The third-order valence-corrected chi connectivity index (χ3v) is 6.36. The smallest absolute Gasteiger partial charge is 0.169 e. The van der Waals surface area contributed by atoms with Crippen molar-refractivity contribution in [2.24, 2.45) is 23.2 Å². The predicted octanol–water partition coefficient (Wildman–Crippen LogP) is 5.21. The summed E-state index contributed by atoms with van der Waals surface area (Å²) in [5.41, 5.74) is 2.30. The number of rotatable bonds is 3. The Bertz CT molecular complexity index is 516. The molecule has 4 aliphatic carbocycles. The lowest BCUT2D eigenvalue weighted by Gasteiger charge is -2.56. The number of benzene rings is 1. The van der Waals surface area contributed by atoms with E-state index in [0.29, 0.717) is 11.7 Å². The van der Waals surface area contributed by atoms with Gasteiger partial charge in [-0.3, -0.25) is 4.79 Å². The Kier molecular flexibility index (Phi) is 3.03. The zero-order valence-corrected chi connectivity index (χ0v) is 13.3. The SMILES string of the molecule is CC(C)c1ccc(C(=O)C23CC4CC(CC(C4)C2)C3)cc1. The van der Waals surface area contributed by atoms with Gasteiger partial charge in [-0.15, -0.1) is 0 Å². The topological polar surface area (TPSA) is 17.1 Å². The van der Waals surface area contributed by atoms with Gasteiger partial charge in [0.1, 0.15) is 0 Å². The number of carbonyl (C=O) groups excluding carboxylic acids is 1. The molecular weight excluding hydrogens is 256 g/mol. The lowest BCUT2D eigenvalue weighted by molar-refractivity contribution is -0.0353. The zero-order valence-electron chi connectivity index (χ0n) is 13.3. The third kappa shape index (κ3) is 2.17. The second kappa shape index (κ2) is 4.69. The fourth-order valence-corrected chi connectivity index (χ4v) is 5.71. The van der Waals surface area contributed by atoms with Gasteiger partial charge in [0.05, 0.1) is 0 Å². The Morgan fingerprint density at radius 3 is 1.86 bits per heavy atom. The summed E-state index contributed by atoms with van der Waals surface area (Å²) in [5.74, 6) is 3.52. The van der Waals surface area contributed by atoms with Crippen LogP contribution in [0.5, 0.6) is 0 Å². The van der Waals surface area contributed by atoms with Crippen LogP contribution in [0, 0.1) is 23.2 Å². The van der Waals surface area contributed by atoms with E-state index in [-0.39, 0.29) is 5.41 Å². The highest BCUT2D eigenvalue weighted by molar-refractivity contribution is 6.00. The van der Waals surface area contributed by atoms with Crippen LogP contribution in [-0.2, 0) is 0 Å². The largest absolute Gasteiger partial charge is 0.294 e. The van der Waals surface area contributed by atoms with Crippen molar-refractivity contribution < 1.29 is 4.79 Å². The van der Waals surface area contributed by atoms with Crippen molar-refractivity contribution in [2.45, 2.75) is 58.3 Å². The molecule has 0 radical (unpaired) electrons. The number of carbonyl (C=O) groups is 1. The molecule has 1 aromatic rings. The molecule has 4 saturated carbocycles. The molecule has 0 atom stereocenters. The Morgan fingerprint density at radius 1 is 0.952 bits per heavy atom. The zero-order chi connectivity index (χ0) is 14.6. The standard InChI is InChI=1S/C20H26O/c1-13(2)17-3-5-18(6-4-17)19(21)20-10-14-7-15(11-20)9-16(8-14)12-20/h3-6,13-16H,7-12H2,1-2H3. The minimum Gasteiger partial charge on any atom is -0.294 e. The van der Waals surface area contributed by atoms with Gasteiger partial charge in [-0.05, 0) is 67.8 Å². The van der Waals surface area contributed by atoms with Gasteiger partial charge in [0, 0.05) is 11.0 Å². The van der Waals surface area contributed by atoms with Crippen LogP contribution in [0.3, 0.4) is 0 Å². The van der Waals surface area contributed by atoms with Crippen LogP contribution in [0.25, 0.3) is 0 Å². The second-order valence-electron chi connectivity index (χ2n) is 8.30. The highest BCUT2D eigenvalue weighted by Gasteiger charge is 2.54. The van der Waals surface area contributed by atoms with Crippen molar-refractivity contribution >= 4 is 5.78 Å². The van der Waals surface area contributed by atoms with E-state index in [0.717, 1.165) is 23.3 Å². The predicted molar refractivity (Wildman–Crippen MR) is 85.5 cm³/mol. The van der Waals surface area contributed by atoms with Crippen molar-refractivity contribution in [3.8, 4) is 0 Å². The molecule has 112 valence electrons. The first-order valence-corrected chi connectivity index (χ1v) is 8.70. The summed E-state index contributed by atoms with van der Waals surface area (Å²) in [6.45, 7) is 4.41. The highest BCUT2D eigenvalue weighted by Crippen LogP contribution is 2.60. The summed E-state index contributed by atoms with van der Waals surface area (Å²) in [6, 6.07) is 8.46. The molecule has 0 aliphatic heterocycles. The van der Waals surface area contributed by atoms with E-state index in [9.17, 15) is 4.79 Å². The Hall–Kier alpha value is -1.11. The molecule has 0 N–H and O–H groups in total. The van der Waals surface area contributed by atoms with Gasteiger partial charge in [-0.25, -0.2) is 0 Å². The monoisotopic (exact) mass is 282 g/mol. The molecule has 0 heterocycles. The fourth-order valence-electron chi connectivity index (χ4n) is 5.71. The van der Waals surface area contributed by atoms with Crippen LogP contribution in [0.2, 0.25) is 0 Å². The molecule has 21 heavy (non-hydrogen) atoms. The lowest BCUT2D eigenvalue weighted by Crippen LogP contribution is -2.50. The van der Waals surface area contributed by atoms with Crippen LogP contribution < -0.4 is 0 Å². The molecule has 1 heteroatoms. The minimum absolute atomic E-state index is 0.00803. The third-order valence-electron chi connectivity index (χ3n) is 6.36. The summed E-state index contributed by atoms with van der Waals surface area (Å²) < 4.78 is 0. The van der Waals surface area contributed by atoms with E-state index >= 15 is 0 Å². The summed E-state index contributed by atoms with van der Waals surface area (Å²) in [4.78, 5) is 13.2. The van der Waals surface area contributed by atoms with Gasteiger partial charge in [-0.2, -0.15) is 0 Å². The van der Waals surface area contributed by atoms with E-state index in [1.807, 2.05) is 0 Å². The summed E-state index contributed by atoms with van der Waals surface area (Å²) in [5, 5.41) is 0. The van der Waals surface area contributed by atoms with E-state index < -0.39 is 0 Å². The molecule has 5 rings (SSSR count). The summed E-state index contributed by atoms with van der Waals surface area (Å²) >= 11 is 0. The van der Waals surface area contributed by atoms with Gasteiger partial charge in [-0.1, -0.05) is 38.1 Å². The van der Waals surface area contributed by atoms with Crippen LogP contribution in [0.1, 0.15) is 74.2 Å². The van der Waals surface area contributed by atoms with Gasteiger partial charge in [0.2, 0.25) is 0 Å². The van der Waals surface area contributed by atoms with Gasteiger partial charge < -0.3 is 0 Å². The minimum atomic E-state index is 0.00803. The van der Waals surface area contributed by atoms with Gasteiger partial charge in [0.25, 0.3) is 0 Å². The van der Waals surface area contributed by atoms with Crippen molar-refractivity contribution in [3.63, 3.8) is 0 Å². The molecule has 0 spiro atoms. The number of Topliss-reactive ketones (excluding diaryl/α,β-unsaturated/α-hetero) is 1. The maximum absolute atomic E-state index is 13.2. The second-order valence-corrected chi connectivity index (χ2v) is 8.30. The first kappa shape index (κ1) is 13.5. The van der Waals surface area contributed by atoms with Crippen molar-refractivity contribution in [1.82, 2.24) is 0 Å². The fraction of sp³-hybridized carbons (Fsp3) is 0.650. The van der Waals surface area contributed by atoms with Crippen molar-refractivity contribution in [2.75, 3.05) is 0 Å². The van der Waals surface area contributed by atoms with Crippen LogP contribution in [-0.4, -0.2) is 5.78 Å². The Morgan fingerprint density at radius 2 is 1.43 bits per heavy atom. The summed E-state index contributed by atoms with van der Waals surface area (Å²) in [6.07, 6.45) is 7.72. The van der Waals surface area contributed by atoms with Crippen LogP contribution >= 0.6 is 0 Å². The first-order chi connectivity index (χ1) is 10.1. The maximum atomic E-state index is 13.2. The van der Waals surface area contributed by atoms with Crippen molar-refractivity contribution in [1.29, 1.82) is 0 Å². The molecule has 4 aliphatic rings. The van der Waals surface area contributed by atoms with Crippen LogP contribution in [0.4, 0.5) is 0 Å². The number of ketones is 1. The molecule has 1 aromatic carbocycles. The van der Waals surface area contributed by atoms with Crippen LogP contribution in [0.15, 0.2) is 24.3 Å². The lowest BCUT2D eigenvalue weighted by atomic mass is 9.48. The molecular formula is C20H26O. The van der Waals surface area contributed by atoms with Crippen molar-refractivity contribution in [3.05, 3.63) is 35.4 Å². The van der Waals surface area contributed by atoms with Gasteiger partial charge in [0.15, 0.2) is 5.78 Å². The van der Waals surface area contributed by atoms with Gasteiger partial charge >= 0.3 is 0 Å². The molecule has 0 aromatic heterocycles. The molecule has 0 saturated heterocycles. The molecule has 4 fully saturated rings. The first-order valence-electron chi connectivity index (χ1n) is 8.70. The van der Waals surface area contributed by atoms with E-state index in [1.54, 1.807) is 0 Å². The molecule has 4 bridgehead atoms. The number of hydrogen-bond acceptors (Lipinski definition) is 1.